The summed E-state index contributed by atoms with van der Waals surface area (Å²) in [6.07, 6.45) is 6.44. The molecule has 110 valence electrons. The van der Waals surface area contributed by atoms with E-state index in [-0.39, 0.29) is 0 Å². The molecule has 1 aromatic rings. The molecule has 0 bridgehead atoms. The molecule has 1 aliphatic heterocycles. The van der Waals surface area contributed by atoms with Crippen LogP contribution in [0.5, 0.6) is 0 Å². The first-order valence-electron chi connectivity index (χ1n) is 7.90. The molecule has 2 fully saturated rings. The quantitative estimate of drug-likeness (QED) is 0.913. The van der Waals surface area contributed by atoms with E-state index in [9.17, 15) is 0 Å². The SMILES string of the molecule is COCCc1ccccc1N1CCNC2(CCCC2)C1. The number of nitrogens with zero attached hydrogens (tertiary/aromatic N) is 1. The lowest BCUT2D eigenvalue weighted by Gasteiger charge is -2.43. The van der Waals surface area contributed by atoms with Gasteiger partial charge in [0.2, 0.25) is 0 Å². The van der Waals surface area contributed by atoms with Crippen molar-refractivity contribution in [2.45, 2.75) is 37.6 Å². The molecule has 3 rings (SSSR count). The van der Waals surface area contributed by atoms with Gasteiger partial charge in [-0.1, -0.05) is 31.0 Å². The molecule has 3 heteroatoms. The zero-order valence-electron chi connectivity index (χ0n) is 12.5. The highest BCUT2D eigenvalue weighted by Gasteiger charge is 2.37. The topological polar surface area (TPSA) is 24.5 Å². The fourth-order valence-corrected chi connectivity index (χ4v) is 3.79. The number of para-hydroxylation sites is 1. The van der Waals surface area contributed by atoms with E-state index in [0.717, 1.165) is 32.7 Å². The van der Waals surface area contributed by atoms with Crippen molar-refractivity contribution >= 4 is 5.69 Å². The van der Waals surface area contributed by atoms with Crippen LogP contribution in [0.4, 0.5) is 5.69 Å². The van der Waals surface area contributed by atoms with Crippen molar-refractivity contribution in [3.8, 4) is 0 Å². The first-order valence-corrected chi connectivity index (χ1v) is 7.90. The van der Waals surface area contributed by atoms with Gasteiger partial charge >= 0.3 is 0 Å². The van der Waals surface area contributed by atoms with E-state index < -0.39 is 0 Å². The highest BCUT2D eigenvalue weighted by Crippen LogP contribution is 2.34. The van der Waals surface area contributed by atoms with Crippen molar-refractivity contribution in [2.24, 2.45) is 0 Å². The van der Waals surface area contributed by atoms with Crippen molar-refractivity contribution in [1.29, 1.82) is 0 Å². The number of methoxy groups -OCH3 is 1. The van der Waals surface area contributed by atoms with Crippen LogP contribution in [-0.4, -0.2) is 38.9 Å². The van der Waals surface area contributed by atoms with Gasteiger partial charge in [-0.2, -0.15) is 0 Å². The minimum atomic E-state index is 0.382. The average Bonchev–Trinajstić information content (AvgIpc) is 2.93. The lowest BCUT2D eigenvalue weighted by molar-refractivity contribution is 0.202. The van der Waals surface area contributed by atoms with Crippen molar-refractivity contribution in [3.05, 3.63) is 29.8 Å². The van der Waals surface area contributed by atoms with Crippen LogP contribution in [0.2, 0.25) is 0 Å². The zero-order valence-corrected chi connectivity index (χ0v) is 12.5. The van der Waals surface area contributed by atoms with Crippen LogP contribution in [-0.2, 0) is 11.2 Å². The summed E-state index contributed by atoms with van der Waals surface area (Å²) in [5, 5.41) is 3.79. The molecule has 0 amide bonds. The third kappa shape index (κ3) is 2.84. The Morgan fingerprint density at radius 3 is 2.85 bits per heavy atom. The fraction of sp³-hybridized carbons (Fsp3) is 0.647. The fourth-order valence-electron chi connectivity index (χ4n) is 3.79. The second-order valence-electron chi connectivity index (χ2n) is 6.21. The lowest BCUT2D eigenvalue weighted by Crippen LogP contribution is -2.59. The molecule has 1 N–H and O–H groups in total. The normalized spacial score (nSPS) is 21.6. The molecule has 1 saturated carbocycles. The molecule has 2 aliphatic rings. The number of nitrogens with one attached hydrogen (secondary N) is 1. The average molecular weight is 274 g/mol. The molecule has 0 unspecified atom stereocenters. The van der Waals surface area contributed by atoms with E-state index in [0.29, 0.717) is 5.54 Å². The maximum absolute atomic E-state index is 5.25. The molecule has 1 heterocycles. The lowest BCUT2D eigenvalue weighted by atomic mass is 9.93. The first-order chi connectivity index (χ1) is 9.83. The van der Waals surface area contributed by atoms with Crippen LogP contribution in [0.3, 0.4) is 0 Å². The Bertz CT molecular complexity index is 440. The molecule has 1 aromatic carbocycles. The number of anilines is 1. The van der Waals surface area contributed by atoms with Crippen molar-refractivity contribution in [1.82, 2.24) is 5.32 Å². The van der Waals surface area contributed by atoms with Crippen LogP contribution in [0.25, 0.3) is 0 Å². The van der Waals surface area contributed by atoms with Gasteiger partial charge in [0.15, 0.2) is 0 Å². The minimum absolute atomic E-state index is 0.382. The molecule has 0 radical (unpaired) electrons. The van der Waals surface area contributed by atoms with Crippen LogP contribution in [0, 0.1) is 0 Å². The summed E-state index contributed by atoms with van der Waals surface area (Å²) in [6, 6.07) is 8.83. The summed E-state index contributed by atoms with van der Waals surface area (Å²) in [7, 11) is 1.78. The van der Waals surface area contributed by atoms with Crippen LogP contribution in [0.1, 0.15) is 31.2 Å². The van der Waals surface area contributed by atoms with E-state index in [4.69, 9.17) is 4.74 Å². The Morgan fingerprint density at radius 2 is 2.05 bits per heavy atom. The predicted octanol–water partition coefficient (Wildman–Crippen LogP) is 2.60. The number of rotatable bonds is 4. The van der Waals surface area contributed by atoms with Gasteiger partial charge in [0.1, 0.15) is 0 Å². The van der Waals surface area contributed by atoms with E-state index >= 15 is 0 Å². The summed E-state index contributed by atoms with van der Waals surface area (Å²) in [4.78, 5) is 2.59. The predicted molar refractivity (Wildman–Crippen MR) is 83.4 cm³/mol. The zero-order chi connectivity index (χ0) is 13.8. The number of ether oxygens (including phenoxy) is 1. The summed E-state index contributed by atoms with van der Waals surface area (Å²) >= 11 is 0. The Hall–Kier alpha value is -1.06. The Kier molecular flexibility index (Phi) is 4.27. The molecular formula is C17H26N2O. The Morgan fingerprint density at radius 1 is 1.25 bits per heavy atom. The molecule has 1 spiro atoms. The van der Waals surface area contributed by atoms with Crippen LogP contribution in [0.15, 0.2) is 24.3 Å². The third-order valence-electron chi connectivity index (χ3n) is 4.84. The molecule has 0 atom stereocenters. The third-order valence-corrected chi connectivity index (χ3v) is 4.84. The maximum atomic E-state index is 5.25. The standard InChI is InChI=1S/C17H26N2O/c1-20-13-8-15-6-2-3-7-16(15)19-12-11-18-17(14-19)9-4-5-10-17/h2-3,6-7,18H,4-5,8-14H2,1H3. The second kappa shape index (κ2) is 6.15. The van der Waals surface area contributed by atoms with Crippen LogP contribution >= 0.6 is 0 Å². The molecular weight excluding hydrogens is 248 g/mol. The molecule has 0 aromatic heterocycles. The van der Waals surface area contributed by atoms with E-state index in [2.05, 4.69) is 34.5 Å². The highest BCUT2D eigenvalue weighted by atomic mass is 16.5. The van der Waals surface area contributed by atoms with E-state index in [1.165, 1.54) is 36.9 Å². The smallest absolute Gasteiger partial charge is 0.0503 e. The highest BCUT2D eigenvalue weighted by molar-refractivity contribution is 5.54. The number of hydrogen-bond donors (Lipinski definition) is 1. The molecule has 1 saturated heterocycles. The Labute approximate surface area is 122 Å². The van der Waals surface area contributed by atoms with Crippen molar-refractivity contribution in [3.63, 3.8) is 0 Å². The minimum Gasteiger partial charge on any atom is -0.384 e. The monoisotopic (exact) mass is 274 g/mol. The number of benzene rings is 1. The summed E-state index contributed by atoms with van der Waals surface area (Å²) in [5.74, 6) is 0. The summed E-state index contributed by atoms with van der Waals surface area (Å²) in [5.41, 5.74) is 3.22. The summed E-state index contributed by atoms with van der Waals surface area (Å²) in [6.45, 7) is 4.19. The van der Waals surface area contributed by atoms with Crippen LogP contribution < -0.4 is 10.2 Å². The maximum Gasteiger partial charge on any atom is 0.0503 e. The van der Waals surface area contributed by atoms with E-state index in [1.54, 1.807) is 7.11 Å². The second-order valence-corrected chi connectivity index (χ2v) is 6.21. The molecule has 20 heavy (non-hydrogen) atoms. The largest absolute Gasteiger partial charge is 0.384 e. The summed E-state index contributed by atoms with van der Waals surface area (Å²) < 4.78 is 5.25. The van der Waals surface area contributed by atoms with Gasteiger partial charge in [-0.25, -0.2) is 0 Å². The van der Waals surface area contributed by atoms with Crippen molar-refractivity contribution in [2.75, 3.05) is 38.3 Å². The van der Waals surface area contributed by atoms with Gasteiger partial charge in [-0.3, -0.25) is 0 Å². The first kappa shape index (κ1) is 13.9. The van der Waals surface area contributed by atoms with Gasteiger partial charge in [0, 0.05) is 38.0 Å². The molecule has 1 aliphatic carbocycles. The number of hydrogen-bond acceptors (Lipinski definition) is 3. The van der Waals surface area contributed by atoms with Crippen molar-refractivity contribution < 1.29 is 4.74 Å². The van der Waals surface area contributed by atoms with Gasteiger partial charge in [0.25, 0.3) is 0 Å². The van der Waals surface area contributed by atoms with Gasteiger partial charge < -0.3 is 15.0 Å². The number of piperazine rings is 1. The van der Waals surface area contributed by atoms with Gasteiger partial charge in [-0.15, -0.1) is 0 Å². The Balaban J connectivity index is 1.77. The molecule has 3 nitrogen and oxygen atoms in total. The van der Waals surface area contributed by atoms with E-state index in [1.807, 2.05) is 0 Å². The van der Waals surface area contributed by atoms with Gasteiger partial charge in [-0.05, 0) is 30.9 Å². The van der Waals surface area contributed by atoms with Gasteiger partial charge in [0.05, 0.1) is 6.61 Å².